The number of hydrogen-bond acceptors (Lipinski definition) is 4. The summed E-state index contributed by atoms with van der Waals surface area (Å²) in [6.45, 7) is 0. The number of non-ortho nitro benzene ring substituents is 1. The van der Waals surface area contributed by atoms with E-state index in [1.165, 1.54) is 31.3 Å². The molecule has 0 amide bonds. The van der Waals surface area contributed by atoms with Crippen LogP contribution in [0.3, 0.4) is 0 Å². The predicted octanol–water partition coefficient (Wildman–Crippen LogP) is 3.18. The number of para-hydroxylation sites is 1. The molecule has 8 heteroatoms. The molecule has 2 aromatic rings. The number of nitrogens with zero attached hydrogens (tertiary/aromatic N) is 2. The minimum absolute atomic E-state index is 0.00801. The van der Waals surface area contributed by atoms with Crippen molar-refractivity contribution in [3.05, 3.63) is 63.1 Å². The Morgan fingerprint density at radius 1 is 1.10 bits per heavy atom. The molecule has 0 aliphatic rings. The van der Waals surface area contributed by atoms with Gasteiger partial charge in [0.1, 0.15) is 0 Å². The molecule has 0 N–H and O–H groups in total. The van der Waals surface area contributed by atoms with Crippen molar-refractivity contribution in [3.8, 4) is 0 Å². The molecule has 0 fully saturated rings. The van der Waals surface area contributed by atoms with E-state index in [1.807, 2.05) is 0 Å². The SMILES string of the molecule is CN(c1ccccc1Br)S(=O)(=O)c1ccc([N+](=O)[O-])cc1. The standard InChI is InChI=1S/C13H11BrN2O4S/c1-15(13-5-3-2-4-12(13)14)21(19,20)11-8-6-10(7-9-11)16(17)18/h2-9H,1H3. The van der Waals surface area contributed by atoms with Gasteiger partial charge in [-0.3, -0.25) is 14.4 Å². The minimum atomic E-state index is -3.78. The molecule has 0 spiro atoms. The Morgan fingerprint density at radius 3 is 2.19 bits per heavy atom. The fourth-order valence-corrected chi connectivity index (χ4v) is 3.62. The highest BCUT2D eigenvalue weighted by Gasteiger charge is 2.23. The van der Waals surface area contributed by atoms with Crippen molar-refractivity contribution in [2.45, 2.75) is 4.90 Å². The number of hydrogen-bond donors (Lipinski definition) is 0. The van der Waals surface area contributed by atoms with Gasteiger partial charge in [0.2, 0.25) is 0 Å². The number of benzene rings is 2. The van der Waals surface area contributed by atoms with Gasteiger partial charge in [-0.25, -0.2) is 8.42 Å². The van der Waals surface area contributed by atoms with Crippen LogP contribution in [0.1, 0.15) is 0 Å². The Kier molecular flexibility index (Phi) is 4.29. The smallest absolute Gasteiger partial charge is 0.268 e. The number of halogens is 1. The van der Waals surface area contributed by atoms with Crippen molar-refractivity contribution < 1.29 is 13.3 Å². The van der Waals surface area contributed by atoms with Crippen LogP contribution in [-0.2, 0) is 10.0 Å². The lowest BCUT2D eigenvalue weighted by atomic mass is 10.3. The van der Waals surface area contributed by atoms with Gasteiger partial charge < -0.3 is 0 Å². The lowest BCUT2D eigenvalue weighted by Gasteiger charge is -2.20. The maximum atomic E-state index is 12.5. The molecule has 0 heterocycles. The van der Waals surface area contributed by atoms with Crippen molar-refractivity contribution in [1.29, 1.82) is 0 Å². The van der Waals surface area contributed by atoms with E-state index in [0.717, 1.165) is 4.31 Å². The fraction of sp³-hybridized carbons (Fsp3) is 0.0769. The van der Waals surface area contributed by atoms with Gasteiger partial charge in [-0.05, 0) is 40.2 Å². The van der Waals surface area contributed by atoms with Gasteiger partial charge in [-0.1, -0.05) is 12.1 Å². The molecule has 0 aliphatic heterocycles. The first-order valence-electron chi connectivity index (χ1n) is 5.82. The van der Waals surface area contributed by atoms with E-state index < -0.39 is 14.9 Å². The molecule has 0 saturated carbocycles. The molecule has 21 heavy (non-hydrogen) atoms. The first kappa shape index (κ1) is 15.5. The monoisotopic (exact) mass is 370 g/mol. The molecular weight excluding hydrogens is 360 g/mol. The zero-order chi connectivity index (χ0) is 15.6. The highest BCUT2D eigenvalue weighted by molar-refractivity contribution is 9.10. The average molecular weight is 371 g/mol. The minimum Gasteiger partial charge on any atom is -0.268 e. The van der Waals surface area contributed by atoms with Gasteiger partial charge in [-0.15, -0.1) is 0 Å². The van der Waals surface area contributed by atoms with E-state index in [9.17, 15) is 18.5 Å². The predicted molar refractivity (Wildman–Crippen MR) is 82.8 cm³/mol. The maximum absolute atomic E-state index is 12.5. The maximum Gasteiger partial charge on any atom is 0.269 e. The number of anilines is 1. The summed E-state index contributed by atoms with van der Waals surface area (Å²) in [7, 11) is -2.35. The summed E-state index contributed by atoms with van der Waals surface area (Å²) < 4.78 is 26.8. The zero-order valence-corrected chi connectivity index (χ0v) is 13.3. The Morgan fingerprint density at radius 2 is 1.67 bits per heavy atom. The molecule has 6 nitrogen and oxygen atoms in total. The molecule has 0 unspecified atom stereocenters. The number of sulfonamides is 1. The Balaban J connectivity index is 2.42. The molecule has 0 aromatic heterocycles. The highest BCUT2D eigenvalue weighted by atomic mass is 79.9. The summed E-state index contributed by atoms with van der Waals surface area (Å²) in [4.78, 5) is 10.0. The van der Waals surface area contributed by atoms with Crippen molar-refractivity contribution >= 4 is 37.3 Å². The Labute approximate surface area is 130 Å². The number of rotatable bonds is 4. The van der Waals surface area contributed by atoms with Crippen molar-refractivity contribution in [2.24, 2.45) is 0 Å². The molecule has 0 aliphatic carbocycles. The van der Waals surface area contributed by atoms with Crippen LogP contribution in [0.5, 0.6) is 0 Å². The zero-order valence-electron chi connectivity index (χ0n) is 10.9. The second-order valence-corrected chi connectivity index (χ2v) is 7.00. The summed E-state index contributed by atoms with van der Waals surface area (Å²) >= 11 is 3.30. The second-order valence-electron chi connectivity index (χ2n) is 4.17. The largest absolute Gasteiger partial charge is 0.269 e. The molecule has 0 radical (unpaired) electrons. The van der Waals surface area contributed by atoms with Crippen LogP contribution in [0.25, 0.3) is 0 Å². The van der Waals surface area contributed by atoms with E-state index in [1.54, 1.807) is 24.3 Å². The Bertz CT molecular complexity index is 775. The first-order chi connectivity index (χ1) is 9.84. The number of nitro groups is 1. The third kappa shape index (κ3) is 3.06. The van der Waals surface area contributed by atoms with Crippen LogP contribution < -0.4 is 4.31 Å². The van der Waals surface area contributed by atoms with Crippen molar-refractivity contribution in [2.75, 3.05) is 11.4 Å². The highest BCUT2D eigenvalue weighted by Crippen LogP contribution is 2.29. The molecule has 110 valence electrons. The quantitative estimate of drug-likeness (QED) is 0.611. The van der Waals surface area contributed by atoms with Crippen molar-refractivity contribution in [3.63, 3.8) is 0 Å². The molecule has 2 rings (SSSR count). The van der Waals surface area contributed by atoms with Crippen LogP contribution in [0.4, 0.5) is 11.4 Å². The third-order valence-corrected chi connectivity index (χ3v) is 5.35. The molecule has 0 atom stereocenters. The van der Waals surface area contributed by atoms with Crippen LogP contribution in [0.15, 0.2) is 57.9 Å². The van der Waals surface area contributed by atoms with Crippen LogP contribution in [0, 0.1) is 10.1 Å². The fourth-order valence-electron chi connectivity index (χ4n) is 1.73. The van der Waals surface area contributed by atoms with E-state index in [-0.39, 0.29) is 10.6 Å². The second kappa shape index (κ2) is 5.82. The normalized spacial score (nSPS) is 11.1. The van der Waals surface area contributed by atoms with Gasteiger partial charge in [-0.2, -0.15) is 0 Å². The van der Waals surface area contributed by atoms with Gasteiger partial charge in [0.05, 0.1) is 15.5 Å². The topological polar surface area (TPSA) is 80.5 Å². The number of nitro benzene ring substituents is 1. The Hall–Kier alpha value is -1.93. The average Bonchev–Trinajstić information content (AvgIpc) is 2.47. The van der Waals surface area contributed by atoms with Gasteiger partial charge in [0, 0.05) is 23.7 Å². The van der Waals surface area contributed by atoms with Crippen LogP contribution in [-0.4, -0.2) is 20.4 Å². The lowest BCUT2D eigenvalue weighted by Crippen LogP contribution is -2.26. The van der Waals surface area contributed by atoms with E-state index in [0.29, 0.717) is 10.2 Å². The summed E-state index contributed by atoms with van der Waals surface area (Å²) in [5.74, 6) is 0. The lowest BCUT2D eigenvalue weighted by molar-refractivity contribution is -0.384. The summed E-state index contributed by atoms with van der Waals surface area (Å²) in [6, 6.07) is 11.7. The first-order valence-corrected chi connectivity index (χ1v) is 8.05. The summed E-state index contributed by atoms with van der Waals surface area (Å²) in [5, 5.41) is 10.6. The molecule has 0 bridgehead atoms. The molecule has 0 saturated heterocycles. The molecular formula is C13H11BrN2O4S. The summed E-state index contributed by atoms with van der Waals surface area (Å²) in [6.07, 6.45) is 0. The molecule has 2 aromatic carbocycles. The van der Waals surface area contributed by atoms with E-state index in [2.05, 4.69) is 15.9 Å². The van der Waals surface area contributed by atoms with Gasteiger partial charge >= 0.3 is 0 Å². The summed E-state index contributed by atoms with van der Waals surface area (Å²) in [5.41, 5.74) is 0.327. The van der Waals surface area contributed by atoms with Crippen LogP contribution >= 0.6 is 15.9 Å². The van der Waals surface area contributed by atoms with E-state index in [4.69, 9.17) is 0 Å². The van der Waals surface area contributed by atoms with Gasteiger partial charge in [0.15, 0.2) is 0 Å². The van der Waals surface area contributed by atoms with E-state index >= 15 is 0 Å². The van der Waals surface area contributed by atoms with Gasteiger partial charge in [0.25, 0.3) is 15.7 Å². The third-order valence-electron chi connectivity index (χ3n) is 2.90. The van der Waals surface area contributed by atoms with Crippen molar-refractivity contribution in [1.82, 2.24) is 0 Å². The van der Waals surface area contributed by atoms with Crippen LogP contribution in [0.2, 0.25) is 0 Å².